The van der Waals surface area contributed by atoms with Crippen LogP contribution in [0.15, 0.2) is 61.4 Å². The van der Waals surface area contributed by atoms with Crippen LogP contribution in [-0.4, -0.2) is 187 Å². The molecule has 0 aromatic carbocycles. The van der Waals surface area contributed by atoms with Gasteiger partial charge in [0.05, 0.1) is 37.1 Å². The summed E-state index contributed by atoms with van der Waals surface area (Å²) in [6.07, 6.45) is 22.8. The number of carbonyl (C=O) groups is 2. The molecule has 0 aliphatic carbocycles. The summed E-state index contributed by atoms with van der Waals surface area (Å²) in [5.41, 5.74) is 6.85. The van der Waals surface area contributed by atoms with Gasteiger partial charge in [-0.1, -0.05) is 130 Å². The molecule has 13 nitrogen and oxygen atoms in total. The molecule has 0 radical (unpaired) electrons. The third kappa shape index (κ3) is 25.1. The average Bonchev–Trinajstić information content (AvgIpc) is 3.40. The normalized spacial score (nSPS) is 23.5. The zero-order valence-electron chi connectivity index (χ0n) is 58.0. The molecule has 0 aromatic rings. The summed E-state index contributed by atoms with van der Waals surface area (Å²) >= 11 is 0. The highest BCUT2D eigenvalue weighted by Gasteiger charge is 2.42. The maximum atomic E-state index is 11.9. The Morgan fingerprint density at radius 1 is 0.459 bits per heavy atom. The van der Waals surface area contributed by atoms with Gasteiger partial charge in [-0.15, -0.1) is 0 Å². The molecule has 13 heteroatoms. The van der Waals surface area contributed by atoms with Crippen molar-refractivity contribution in [3.05, 3.63) is 61.4 Å². The van der Waals surface area contributed by atoms with E-state index >= 15 is 0 Å². The van der Waals surface area contributed by atoms with Crippen LogP contribution >= 0.6 is 0 Å². The van der Waals surface area contributed by atoms with Gasteiger partial charge < -0.3 is 53.6 Å². The minimum absolute atomic E-state index is 0.0558. The average molecular weight is 1190 g/mol. The van der Waals surface area contributed by atoms with Crippen LogP contribution in [0.2, 0.25) is 0 Å². The molecule has 2 unspecified atom stereocenters. The maximum Gasteiger partial charge on any atom is 0.225 e. The zero-order chi connectivity index (χ0) is 63.6. The van der Waals surface area contributed by atoms with Crippen molar-refractivity contribution >= 4 is 11.8 Å². The Hall–Kier alpha value is -3.52. The number of nitrogens with zero attached hydrogens (tertiary/aromatic N) is 7. The van der Waals surface area contributed by atoms with E-state index < -0.39 is 0 Å². The van der Waals surface area contributed by atoms with Crippen LogP contribution in [0.1, 0.15) is 213 Å². The highest BCUT2D eigenvalue weighted by atomic mass is 16.5. The Labute approximate surface area is 523 Å². The van der Waals surface area contributed by atoms with Gasteiger partial charge in [0, 0.05) is 139 Å². The first kappa shape index (κ1) is 75.7. The molecule has 1 N–H and O–H groups in total. The molecular weight excluding hydrogens is 1060 g/mol. The predicted octanol–water partition coefficient (Wildman–Crippen LogP) is 14.3. The Kier molecular flexibility index (Phi) is 34.6. The van der Waals surface area contributed by atoms with Crippen molar-refractivity contribution in [3.63, 3.8) is 0 Å². The highest BCUT2D eigenvalue weighted by molar-refractivity contribution is 5.79. The number of likely N-dealkylation sites (tertiary alicyclic amines) is 6. The van der Waals surface area contributed by atoms with Gasteiger partial charge in [-0.05, 0) is 145 Å². The van der Waals surface area contributed by atoms with E-state index in [1.54, 1.807) is 19.1 Å². The monoisotopic (exact) mass is 1190 g/mol. The second kappa shape index (κ2) is 38.8. The number of ether oxygens (including phenoxy) is 3. The van der Waals surface area contributed by atoms with E-state index in [2.05, 4.69) is 127 Å². The predicted molar refractivity (Wildman–Crippen MR) is 358 cm³/mol. The van der Waals surface area contributed by atoms with E-state index in [9.17, 15) is 9.59 Å². The van der Waals surface area contributed by atoms with Gasteiger partial charge in [-0.25, -0.2) is 0 Å². The second-order valence-electron chi connectivity index (χ2n) is 28.2. The molecule has 492 valence electrons. The van der Waals surface area contributed by atoms with Gasteiger partial charge in [-0.3, -0.25) is 9.59 Å². The van der Waals surface area contributed by atoms with Crippen molar-refractivity contribution in [2.45, 2.75) is 248 Å². The topological polar surface area (TPSA) is 105 Å². The number of piperidine rings is 4. The Bertz CT molecular complexity index is 1920. The molecule has 1 spiro atoms. The molecule has 9 saturated heterocycles. The Morgan fingerprint density at radius 3 is 1.20 bits per heavy atom. The molecule has 9 rings (SSSR count). The first-order valence-corrected chi connectivity index (χ1v) is 34.3. The van der Waals surface area contributed by atoms with Crippen LogP contribution < -0.4 is 0 Å². The number of aliphatic hydroxyl groups is 1. The number of amides is 2. The van der Waals surface area contributed by atoms with Crippen molar-refractivity contribution in [2.75, 3.05) is 99.4 Å². The molecule has 9 heterocycles. The van der Waals surface area contributed by atoms with E-state index in [0.29, 0.717) is 54.9 Å². The van der Waals surface area contributed by atoms with E-state index in [1.807, 2.05) is 32.6 Å². The molecule has 9 aliphatic rings. The van der Waals surface area contributed by atoms with Crippen LogP contribution in [-0.2, 0) is 23.8 Å². The minimum Gasteiger partial charge on any atom is -0.391 e. The number of allylic oxidation sites excluding steroid dienone is 5. The van der Waals surface area contributed by atoms with E-state index in [1.165, 1.54) is 138 Å². The first-order chi connectivity index (χ1) is 40.2. The van der Waals surface area contributed by atoms with E-state index in [4.69, 9.17) is 19.3 Å². The molecular formula is C72H133N7O6. The fourth-order valence-corrected chi connectivity index (χ4v) is 13.0. The molecule has 2 bridgehead atoms. The van der Waals surface area contributed by atoms with Crippen LogP contribution in [0.3, 0.4) is 0 Å². The summed E-state index contributed by atoms with van der Waals surface area (Å²) in [7, 11) is 3.50. The van der Waals surface area contributed by atoms with Crippen molar-refractivity contribution in [1.29, 1.82) is 0 Å². The second-order valence-corrected chi connectivity index (χ2v) is 28.2. The molecule has 2 amide bonds. The lowest BCUT2D eigenvalue weighted by Crippen LogP contribution is -2.52. The number of carbonyl (C=O) groups excluding carboxylic acids is 2. The number of rotatable bonds is 15. The number of fused-ring (bicyclic) bond motifs is 2. The largest absolute Gasteiger partial charge is 0.391 e. The summed E-state index contributed by atoms with van der Waals surface area (Å²) in [4.78, 5) is 39.2. The first-order valence-electron chi connectivity index (χ1n) is 34.3. The van der Waals surface area contributed by atoms with Crippen LogP contribution in [0.4, 0.5) is 0 Å². The van der Waals surface area contributed by atoms with Crippen molar-refractivity contribution < 1.29 is 28.9 Å². The highest BCUT2D eigenvalue weighted by Crippen LogP contribution is 2.41. The number of hydrogen-bond acceptors (Lipinski definition) is 11. The van der Waals surface area contributed by atoms with E-state index in [0.717, 1.165) is 90.1 Å². The van der Waals surface area contributed by atoms with Gasteiger partial charge in [0.1, 0.15) is 0 Å². The lowest BCUT2D eigenvalue weighted by Gasteiger charge is -2.48. The molecule has 85 heavy (non-hydrogen) atoms. The minimum atomic E-state index is -0.294. The summed E-state index contributed by atoms with van der Waals surface area (Å²) < 4.78 is 16.2. The van der Waals surface area contributed by atoms with Crippen molar-refractivity contribution in [3.8, 4) is 0 Å². The van der Waals surface area contributed by atoms with Crippen LogP contribution in [0, 0.1) is 41.4 Å². The number of methoxy groups -OCH3 is 2. The lowest BCUT2D eigenvalue weighted by molar-refractivity contribution is -0.170. The van der Waals surface area contributed by atoms with Crippen molar-refractivity contribution in [1.82, 2.24) is 34.3 Å². The summed E-state index contributed by atoms with van der Waals surface area (Å²) in [6, 6.07) is 2.01. The fraction of sp³-hybridized carbons (Fsp3) is 0.833. The Balaban J connectivity index is 0.000000261. The summed E-state index contributed by atoms with van der Waals surface area (Å²) in [5.74, 6) is 3.60. The zero-order valence-corrected chi connectivity index (χ0v) is 58.0. The Morgan fingerprint density at radius 2 is 0.847 bits per heavy atom. The maximum absolute atomic E-state index is 11.9. The molecule has 9 aliphatic heterocycles. The third-order valence-corrected chi connectivity index (χ3v) is 19.4. The van der Waals surface area contributed by atoms with Crippen LogP contribution in [0.5, 0.6) is 0 Å². The van der Waals surface area contributed by atoms with Crippen LogP contribution in [0.25, 0.3) is 0 Å². The van der Waals surface area contributed by atoms with Gasteiger partial charge in [0.15, 0.2) is 0 Å². The van der Waals surface area contributed by atoms with Crippen molar-refractivity contribution in [2.24, 2.45) is 41.4 Å². The van der Waals surface area contributed by atoms with Gasteiger partial charge in [-0.2, -0.15) is 0 Å². The molecule has 0 saturated carbocycles. The summed E-state index contributed by atoms with van der Waals surface area (Å²) in [6.45, 7) is 63.7. The fourth-order valence-electron chi connectivity index (χ4n) is 13.0. The smallest absolute Gasteiger partial charge is 0.225 e. The van der Waals surface area contributed by atoms with Gasteiger partial charge in [0.25, 0.3) is 0 Å². The quantitative estimate of drug-likeness (QED) is 0.169. The molecule has 2 atom stereocenters. The number of aliphatic hydroxyl groups excluding tert-OH is 1. The number of β-amino-alcohol motifs (C(OH)–C–C–N with tert-alkyl or cyclic N) is 1. The molecule has 0 aromatic heterocycles. The third-order valence-electron chi connectivity index (χ3n) is 19.4. The lowest BCUT2D eigenvalue weighted by atomic mass is 9.84. The number of hydrogen-bond donors (Lipinski definition) is 1. The van der Waals surface area contributed by atoms with E-state index in [-0.39, 0.29) is 35.4 Å². The SMILES string of the molecule is C=C(C(C)C)N1C2CCC1CC2.C=C(C(C)C)N1CCC(OC)CC1.C=C(C(C)C)N1CCC2(CCO2)CC1.C=C(C(C)C)N1CCCC1.C=C(C(C)C)N1CCCCC1.CC(C)C(=O)N1CCC(O)C1.COCC1CCCCN1C(=O)C(C)C. The summed E-state index contributed by atoms with van der Waals surface area (Å²) in [5, 5.41) is 9.14. The van der Waals surface area contributed by atoms with Gasteiger partial charge >= 0.3 is 0 Å². The molecule has 9 fully saturated rings. The van der Waals surface area contributed by atoms with Gasteiger partial charge in [0.2, 0.25) is 11.8 Å². The standard InChI is InChI=1S/C12H21NO.C11H21NO2.C11H21NO.C11H19N.C10H19N.C9H17N.C8H15NO2/c1-10(2)11(3)13-7-4-12(5-8-13)6-9-14-12;1-9(2)11(13)12-7-5-4-6-10(12)8-14-3;1-9(2)10(3)12-7-5-11(13-4)6-8-12;1-8(2)9(3)12-10-4-5-11(12)7-6-10;1-9(2)10(3)11-7-5-4-6-8-11;1-8(2)9(3)10-6-4-5-7-10;1-6(2)8(11)9-4-3-7(10)5-9/h10H,3-9H2,1-2H3;9-10H,4-8H2,1-3H3;9,11H,3,5-8H2,1-2,4H3;8,10-11H,3-7H2,1-2H3;9H,3-8H2,1-2H3;8H,3-7H2,1-2H3;6-7,10H,3-5H2,1-2H3.